The summed E-state index contributed by atoms with van der Waals surface area (Å²) in [4.78, 5) is 30.9. The SMILES string of the molecule is COC(=O)C(C)CN(Cc1ccccn1)C(=O)c1ccc(C(C)(C)C)cc1. The maximum Gasteiger partial charge on any atom is 0.310 e. The number of amides is 1. The van der Waals surface area contributed by atoms with Crippen molar-refractivity contribution in [3.8, 4) is 0 Å². The van der Waals surface area contributed by atoms with E-state index in [1.165, 1.54) is 12.7 Å². The van der Waals surface area contributed by atoms with Crippen molar-refractivity contribution >= 4 is 11.9 Å². The summed E-state index contributed by atoms with van der Waals surface area (Å²) in [5.41, 5.74) is 2.55. The molecule has 0 bridgehead atoms. The van der Waals surface area contributed by atoms with Gasteiger partial charge in [-0.2, -0.15) is 0 Å². The number of esters is 1. The summed E-state index contributed by atoms with van der Waals surface area (Å²) in [6.45, 7) is 8.76. The Hall–Kier alpha value is -2.69. The van der Waals surface area contributed by atoms with Gasteiger partial charge in [0.2, 0.25) is 0 Å². The van der Waals surface area contributed by atoms with Gasteiger partial charge < -0.3 is 9.64 Å². The highest BCUT2D eigenvalue weighted by molar-refractivity contribution is 5.94. The number of benzene rings is 1. The molecule has 1 unspecified atom stereocenters. The molecule has 1 amide bonds. The molecule has 2 rings (SSSR count). The Bertz CT molecular complexity index is 764. The highest BCUT2D eigenvalue weighted by Gasteiger charge is 2.23. The minimum absolute atomic E-state index is 0.0224. The van der Waals surface area contributed by atoms with Crippen molar-refractivity contribution in [1.29, 1.82) is 0 Å². The van der Waals surface area contributed by atoms with E-state index in [1.807, 2.05) is 42.5 Å². The first kappa shape index (κ1) is 20.6. The number of carbonyl (C=O) groups excluding carboxylic acids is 2. The van der Waals surface area contributed by atoms with Gasteiger partial charge in [-0.3, -0.25) is 14.6 Å². The molecule has 0 saturated heterocycles. The Balaban J connectivity index is 2.25. The number of ether oxygens (including phenoxy) is 1. The monoisotopic (exact) mass is 368 g/mol. The highest BCUT2D eigenvalue weighted by Crippen LogP contribution is 2.23. The van der Waals surface area contributed by atoms with Crippen molar-refractivity contribution in [2.75, 3.05) is 13.7 Å². The lowest BCUT2D eigenvalue weighted by Gasteiger charge is -2.25. The van der Waals surface area contributed by atoms with Crippen LogP contribution in [0.4, 0.5) is 0 Å². The molecule has 0 radical (unpaired) electrons. The smallest absolute Gasteiger partial charge is 0.310 e. The van der Waals surface area contributed by atoms with Crippen molar-refractivity contribution in [1.82, 2.24) is 9.88 Å². The van der Waals surface area contributed by atoms with Gasteiger partial charge >= 0.3 is 5.97 Å². The summed E-state index contributed by atoms with van der Waals surface area (Å²) in [5.74, 6) is -0.884. The van der Waals surface area contributed by atoms with E-state index >= 15 is 0 Å². The van der Waals surface area contributed by atoms with E-state index in [1.54, 1.807) is 18.0 Å². The fourth-order valence-electron chi connectivity index (χ4n) is 2.81. The van der Waals surface area contributed by atoms with Gasteiger partial charge in [-0.15, -0.1) is 0 Å². The third-order valence-electron chi connectivity index (χ3n) is 4.46. The van der Waals surface area contributed by atoms with Crippen molar-refractivity contribution in [2.45, 2.75) is 39.7 Å². The van der Waals surface area contributed by atoms with Crippen LogP contribution < -0.4 is 0 Å². The molecular formula is C22H28N2O3. The molecule has 0 saturated carbocycles. The fourth-order valence-corrected chi connectivity index (χ4v) is 2.81. The van der Waals surface area contributed by atoms with E-state index < -0.39 is 5.92 Å². The third-order valence-corrected chi connectivity index (χ3v) is 4.46. The predicted molar refractivity (Wildman–Crippen MR) is 105 cm³/mol. The number of hydrogen-bond donors (Lipinski definition) is 0. The van der Waals surface area contributed by atoms with Gasteiger partial charge in [-0.05, 0) is 35.2 Å². The Morgan fingerprint density at radius 2 is 1.78 bits per heavy atom. The lowest BCUT2D eigenvalue weighted by Crippen LogP contribution is -2.37. The molecular weight excluding hydrogens is 340 g/mol. The second kappa shape index (κ2) is 8.80. The normalized spacial score (nSPS) is 12.3. The van der Waals surface area contributed by atoms with Crippen LogP contribution in [-0.2, 0) is 21.5 Å². The van der Waals surface area contributed by atoms with Crippen molar-refractivity contribution < 1.29 is 14.3 Å². The van der Waals surface area contributed by atoms with Crippen molar-refractivity contribution in [3.63, 3.8) is 0 Å². The molecule has 0 aliphatic rings. The van der Waals surface area contributed by atoms with Crippen LogP contribution in [0.15, 0.2) is 48.7 Å². The zero-order valence-electron chi connectivity index (χ0n) is 16.7. The summed E-state index contributed by atoms with van der Waals surface area (Å²) >= 11 is 0. The van der Waals surface area contributed by atoms with Crippen LogP contribution in [-0.4, -0.2) is 35.4 Å². The number of pyridine rings is 1. The van der Waals surface area contributed by atoms with Gasteiger partial charge in [0.1, 0.15) is 0 Å². The summed E-state index contributed by atoms with van der Waals surface area (Å²) in [6.07, 6.45) is 1.69. The molecule has 5 nitrogen and oxygen atoms in total. The van der Waals surface area contributed by atoms with Gasteiger partial charge in [0, 0.05) is 18.3 Å². The molecule has 0 fully saturated rings. The van der Waals surface area contributed by atoms with Gasteiger partial charge in [0.15, 0.2) is 0 Å². The zero-order valence-corrected chi connectivity index (χ0v) is 16.7. The Morgan fingerprint density at radius 1 is 1.11 bits per heavy atom. The summed E-state index contributed by atoms with van der Waals surface area (Å²) in [5, 5.41) is 0. The van der Waals surface area contributed by atoms with Crippen LogP contribution in [0.3, 0.4) is 0 Å². The molecule has 0 N–H and O–H groups in total. The quantitative estimate of drug-likeness (QED) is 0.727. The molecule has 27 heavy (non-hydrogen) atoms. The lowest BCUT2D eigenvalue weighted by molar-refractivity contribution is -0.145. The van der Waals surface area contributed by atoms with Crippen LogP contribution >= 0.6 is 0 Å². The fraction of sp³-hybridized carbons (Fsp3) is 0.409. The third kappa shape index (κ3) is 5.64. The van der Waals surface area contributed by atoms with Gasteiger partial charge in [-0.1, -0.05) is 45.9 Å². The van der Waals surface area contributed by atoms with Crippen LogP contribution in [0.2, 0.25) is 0 Å². The van der Waals surface area contributed by atoms with Gasteiger partial charge in [-0.25, -0.2) is 0 Å². The van der Waals surface area contributed by atoms with E-state index in [0.29, 0.717) is 12.1 Å². The highest BCUT2D eigenvalue weighted by atomic mass is 16.5. The van der Waals surface area contributed by atoms with Crippen LogP contribution in [0, 0.1) is 5.92 Å². The molecule has 1 aromatic heterocycles. The minimum Gasteiger partial charge on any atom is -0.469 e. The number of hydrogen-bond acceptors (Lipinski definition) is 4. The average molecular weight is 368 g/mol. The number of aromatic nitrogens is 1. The summed E-state index contributed by atoms with van der Waals surface area (Å²) in [7, 11) is 1.36. The Morgan fingerprint density at radius 3 is 2.30 bits per heavy atom. The molecule has 1 atom stereocenters. The zero-order chi connectivity index (χ0) is 20.0. The first-order valence-electron chi connectivity index (χ1n) is 9.10. The maximum absolute atomic E-state index is 13.1. The number of rotatable bonds is 6. The van der Waals surface area contributed by atoms with E-state index in [0.717, 1.165) is 5.69 Å². The Kier molecular flexibility index (Phi) is 6.72. The van der Waals surface area contributed by atoms with Gasteiger partial charge in [0.25, 0.3) is 5.91 Å². The number of carbonyl (C=O) groups is 2. The second-order valence-corrected chi connectivity index (χ2v) is 7.76. The molecule has 144 valence electrons. The molecule has 1 heterocycles. The maximum atomic E-state index is 13.1. The Labute approximate surface area is 161 Å². The van der Waals surface area contributed by atoms with E-state index in [2.05, 4.69) is 25.8 Å². The molecule has 1 aromatic carbocycles. The first-order chi connectivity index (χ1) is 12.7. The molecule has 0 spiro atoms. The standard InChI is InChI=1S/C22H28N2O3/c1-16(21(26)27-5)14-24(15-19-8-6-7-13-23-19)20(25)17-9-11-18(12-10-17)22(2,3)4/h6-13,16H,14-15H2,1-5H3. The molecule has 2 aromatic rings. The summed E-state index contributed by atoms with van der Waals surface area (Å²) in [6, 6.07) is 13.2. The van der Waals surface area contributed by atoms with Crippen LogP contribution in [0.1, 0.15) is 49.3 Å². The van der Waals surface area contributed by atoms with E-state index in [4.69, 9.17) is 4.74 Å². The lowest BCUT2D eigenvalue weighted by atomic mass is 9.86. The predicted octanol–water partition coefficient (Wildman–Crippen LogP) is 3.83. The van der Waals surface area contributed by atoms with Crippen LogP contribution in [0.5, 0.6) is 0 Å². The van der Waals surface area contributed by atoms with E-state index in [-0.39, 0.29) is 23.8 Å². The largest absolute Gasteiger partial charge is 0.469 e. The summed E-state index contributed by atoms with van der Waals surface area (Å²) < 4.78 is 4.81. The van der Waals surface area contributed by atoms with Crippen molar-refractivity contribution in [3.05, 3.63) is 65.5 Å². The number of nitrogens with zero attached hydrogens (tertiary/aromatic N) is 2. The second-order valence-electron chi connectivity index (χ2n) is 7.76. The minimum atomic E-state index is -0.420. The first-order valence-corrected chi connectivity index (χ1v) is 9.10. The van der Waals surface area contributed by atoms with Crippen LogP contribution in [0.25, 0.3) is 0 Å². The number of methoxy groups -OCH3 is 1. The van der Waals surface area contributed by atoms with E-state index in [9.17, 15) is 9.59 Å². The molecule has 0 aliphatic carbocycles. The average Bonchev–Trinajstić information content (AvgIpc) is 2.66. The topological polar surface area (TPSA) is 59.5 Å². The van der Waals surface area contributed by atoms with Crippen molar-refractivity contribution in [2.24, 2.45) is 5.92 Å². The molecule has 0 aliphatic heterocycles. The van der Waals surface area contributed by atoms with Gasteiger partial charge in [0.05, 0.1) is 25.3 Å². The molecule has 5 heteroatoms.